The average Bonchev–Trinajstić information content (AvgIpc) is 3.20. The second-order valence-electron chi connectivity index (χ2n) is 8.99. The predicted molar refractivity (Wildman–Crippen MR) is 141 cm³/mol. The monoisotopic (exact) mass is 487 g/mol. The van der Waals surface area contributed by atoms with Crippen LogP contribution in [0.4, 0.5) is 10.1 Å². The van der Waals surface area contributed by atoms with Crippen molar-refractivity contribution in [2.45, 2.75) is 19.3 Å². The first-order valence-electron chi connectivity index (χ1n) is 11.8. The Labute approximate surface area is 210 Å². The van der Waals surface area contributed by atoms with Crippen LogP contribution < -0.4 is 0 Å². The molecule has 0 saturated heterocycles. The van der Waals surface area contributed by atoms with Gasteiger partial charge in [-0.05, 0) is 68.4 Å². The number of carbonyl (C=O) groups excluding carboxylic acids is 1. The van der Waals surface area contributed by atoms with Gasteiger partial charge in [0.25, 0.3) is 0 Å². The highest BCUT2D eigenvalue weighted by molar-refractivity contribution is 6.21. The SMILES string of the molecule is COC(=O)CCc1ccc(C(=Nc2ccc(CCN(C)C)cc2)c2c(O)[nH]c3cc(F)ccc23)cc1. The van der Waals surface area contributed by atoms with Crippen molar-refractivity contribution in [3.8, 4) is 5.88 Å². The highest BCUT2D eigenvalue weighted by atomic mass is 19.1. The van der Waals surface area contributed by atoms with E-state index in [4.69, 9.17) is 9.73 Å². The van der Waals surface area contributed by atoms with Crippen molar-refractivity contribution in [2.24, 2.45) is 4.99 Å². The quantitative estimate of drug-likeness (QED) is 0.245. The Morgan fingerprint density at radius 2 is 1.67 bits per heavy atom. The topological polar surface area (TPSA) is 77.9 Å². The molecule has 4 rings (SSSR count). The summed E-state index contributed by atoms with van der Waals surface area (Å²) in [5, 5.41) is 11.5. The van der Waals surface area contributed by atoms with Gasteiger partial charge in [0.05, 0.1) is 29.6 Å². The zero-order valence-corrected chi connectivity index (χ0v) is 20.7. The number of hydrogen-bond donors (Lipinski definition) is 2. The molecule has 0 saturated carbocycles. The lowest BCUT2D eigenvalue weighted by atomic mass is 9.98. The number of likely N-dealkylation sites (N-methyl/N-ethyl adjacent to an activating group) is 1. The summed E-state index contributed by atoms with van der Waals surface area (Å²) < 4.78 is 18.6. The number of nitrogens with zero attached hydrogens (tertiary/aromatic N) is 2. The van der Waals surface area contributed by atoms with Crippen molar-refractivity contribution in [2.75, 3.05) is 27.7 Å². The first-order chi connectivity index (χ1) is 17.3. The Bertz CT molecular complexity index is 1370. The number of methoxy groups -OCH3 is 1. The number of H-pyrrole nitrogens is 1. The van der Waals surface area contributed by atoms with E-state index in [0.29, 0.717) is 35.0 Å². The van der Waals surface area contributed by atoms with Gasteiger partial charge in [-0.15, -0.1) is 0 Å². The number of hydrogen-bond acceptors (Lipinski definition) is 5. The molecule has 1 heterocycles. The Morgan fingerprint density at radius 3 is 2.33 bits per heavy atom. The second-order valence-corrected chi connectivity index (χ2v) is 8.99. The summed E-state index contributed by atoms with van der Waals surface area (Å²) in [4.78, 5) is 21.4. The number of benzene rings is 3. The molecule has 0 spiro atoms. The summed E-state index contributed by atoms with van der Waals surface area (Å²) in [6, 6.07) is 20.1. The summed E-state index contributed by atoms with van der Waals surface area (Å²) in [6.45, 7) is 0.954. The summed E-state index contributed by atoms with van der Waals surface area (Å²) in [7, 11) is 5.47. The number of nitrogens with one attached hydrogen (secondary N) is 1. The van der Waals surface area contributed by atoms with E-state index >= 15 is 0 Å². The summed E-state index contributed by atoms with van der Waals surface area (Å²) >= 11 is 0. The van der Waals surface area contributed by atoms with Crippen LogP contribution in [-0.4, -0.2) is 54.4 Å². The third-order valence-electron chi connectivity index (χ3n) is 6.08. The molecule has 36 heavy (non-hydrogen) atoms. The lowest BCUT2D eigenvalue weighted by Gasteiger charge is -2.11. The predicted octanol–water partition coefficient (Wildman–Crippen LogP) is 5.39. The molecule has 0 bridgehead atoms. The van der Waals surface area contributed by atoms with Crippen molar-refractivity contribution in [1.29, 1.82) is 0 Å². The molecule has 0 unspecified atom stereocenters. The van der Waals surface area contributed by atoms with Crippen LogP contribution >= 0.6 is 0 Å². The van der Waals surface area contributed by atoms with Crippen LogP contribution in [0.1, 0.15) is 28.7 Å². The van der Waals surface area contributed by atoms with Crippen LogP contribution in [-0.2, 0) is 22.4 Å². The Hall–Kier alpha value is -3.97. The molecule has 1 aromatic heterocycles. The molecular weight excluding hydrogens is 457 g/mol. The van der Waals surface area contributed by atoms with Gasteiger partial charge in [0.1, 0.15) is 5.82 Å². The zero-order chi connectivity index (χ0) is 25.7. The number of carbonyl (C=O) groups is 1. The molecule has 2 N–H and O–H groups in total. The fraction of sp³-hybridized carbons (Fsp3) is 0.241. The number of halogens is 1. The molecule has 6 nitrogen and oxygen atoms in total. The highest BCUT2D eigenvalue weighted by Crippen LogP contribution is 2.32. The number of aryl methyl sites for hydroxylation is 1. The van der Waals surface area contributed by atoms with Crippen molar-refractivity contribution >= 4 is 28.3 Å². The minimum absolute atomic E-state index is 0.0771. The molecule has 0 fully saturated rings. The van der Waals surface area contributed by atoms with Crippen LogP contribution in [0.3, 0.4) is 0 Å². The first-order valence-corrected chi connectivity index (χ1v) is 11.8. The molecule has 0 radical (unpaired) electrons. The first kappa shape index (κ1) is 25.1. The molecule has 186 valence electrons. The van der Waals surface area contributed by atoms with Crippen LogP contribution in [0.2, 0.25) is 0 Å². The number of aliphatic imine (C=N–C) groups is 1. The van der Waals surface area contributed by atoms with Gasteiger partial charge in [0.2, 0.25) is 0 Å². The number of fused-ring (bicyclic) bond motifs is 1. The number of aromatic nitrogens is 1. The number of rotatable bonds is 9. The normalized spacial score (nSPS) is 11.9. The number of ether oxygens (including phenoxy) is 1. The third kappa shape index (κ3) is 5.98. The van der Waals surface area contributed by atoms with E-state index in [-0.39, 0.29) is 11.8 Å². The summed E-state index contributed by atoms with van der Waals surface area (Å²) in [5.74, 6) is -0.727. The van der Waals surface area contributed by atoms with E-state index < -0.39 is 5.82 Å². The number of aromatic amines is 1. The molecular formula is C29H30FN3O3. The molecule has 7 heteroatoms. The van der Waals surface area contributed by atoms with E-state index in [9.17, 15) is 14.3 Å². The lowest BCUT2D eigenvalue weighted by molar-refractivity contribution is -0.140. The molecule has 4 aromatic rings. The van der Waals surface area contributed by atoms with Gasteiger partial charge in [-0.2, -0.15) is 0 Å². The van der Waals surface area contributed by atoms with Gasteiger partial charge >= 0.3 is 5.97 Å². The van der Waals surface area contributed by atoms with Crippen LogP contribution in [0.5, 0.6) is 5.88 Å². The van der Waals surface area contributed by atoms with E-state index in [2.05, 4.69) is 22.0 Å². The zero-order valence-electron chi connectivity index (χ0n) is 20.7. The smallest absolute Gasteiger partial charge is 0.305 e. The second kappa shape index (κ2) is 11.2. The van der Waals surface area contributed by atoms with E-state index in [1.54, 1.807) is 6.07 Å². The van der Waals surface area contributed by atoms with Crippen LogP contribution in [0, 0.1) is 5.82 Å². The van der Waals surface area contributed by atoms with E-state index in [1.165, 1.54) is 24.8 Å². The maximum atomic E-state index is 13.8. The van der Waals surface area contributed by atoms with Gasteiger partial charge in [0.15, 0.2) is 5.88 Å². The highest BCUT2D eigenvalue weighted by Gasteiger charge is 2.19. The summed E-state index contributed by atoms with van der Waals surface area (Å²) in [5.41, 5.74) is 5.28. The van der Waals surface area contributed by atoms with Crippen LogP contribution in [0.25, 0.3) is 10.9 Å². The molecule has 0 atom stereocenters. The Balaban J connectivity index is 1.74. The number of aromatic hydroxyl groups is 1. The van der Waals surface area contributed by atoms with Crippen molar-refractivity contribution in [1.82, 2.24) is 9.88 Å². The van der Waals surface area contributed by atoms with Crippen LogP contribution in [0.15, 0.2) is 71.7 Å². The average molecular weight is 488 g/mol. The largest absolute Gasteiger partial charge is 0.494 e. The maximum Gasteiger partial charge on any atom is 0.305 e. The summed E-state index contributed by atoms with van der Waals surface area (Å²) in [6.07, 6.45) is 1.79. The van der Waals surface area contributed by atoms with E-state index in [1.807, 2.05) is 50.5 Å². The fourth-order valence-electron chi connectivity index (χ4n) is 4.06. The molecule has 0 aliphatic heterocycles. The van der Waals surface area contributed by atoms with Gasteiger partial charge in [-0.3, -0.25) is 4.79 Å². The molecule has 0 aliphatic carbocycles. The van der Waals surface area contributed by atoms with E-state index in [0.717, 1.165) is 29.8 Å². The van der Waals surface area contributed by atoms with Crippen molar-refractivity contribution in [3.63, 3.8) is 0 Å². The van der Waals surface area contributed by atoms with Gasteiger partial charge < -0.3 is 19.7 Å². The number of esters is 1. The fourth-order valence-corrected chi connectivity index (χ4v) is 4.06. The van der Waals surface area contributed by atoms with Gasteiger partial charge in [-0.25, -0.2) is 9.38 Å². The standard InChI is InChI=1S/C29H30FN3O3/c1-33(2)17-16-20-6-12-23(13-7-20)31-28(21-9-4-19(5-10-21)8-15-26(34)36-3)27-24-14-11-22(30)18-25(24)32-29(27)35/h4-7,9-14,18,32,35H,8,15-17H2,1-3H3. The lowest BCUT2D eigenvalue weighted by Crippen LogP contribution is -2.14. The third-order valence-corrected chi connectivity index (χ3v) is 6.08. The Kier molecular flexibility index (Phi) is 7.80. The maximum absolute atomic E-state index is 13.8. The molecule has 0 aliphatic rings. The minimum atomic E-state index is -0.392. The van der Waals surface area contributed by atoms with Crippen molar-refractivity contribution < 1.29 is 19.0 Å². The van der Waals surface area contributed by atoms with Gasteiger partial charge in [0, 0.05) is 23.9 Å². The minimum Gasteiger partial charge on any atom is -0.494 e. The molecule has 0 amide bonds. The van der Waals surface area contributed by atoms with Crippen molar-refractivity contribution in [3.05, 3.63) is 94.8 Å². The molecule has 3 aromatic carbocycles. The Morgan fingerprint density at radius 1 is 1.00 bits per heavy atom. The van der Waals surface area contributed by atoms with Gasteiger partial charge in [-0.1, -0.05) is 36.4 Å².